The highest BCUT2D eigenvalue weighted by atomic mass is 19.2. The summed E-state index contributed by atoms with van der Waals surface area (Å²) in [4.78, 5) is 28.3. The van der Waals surface area contributed by atoms with Gasteiger partial charge in [0.25, 0.3) is 0 Å². The van der Waals surface area contributed by atoms with E-state index in [1.165, 1.54) is 0 Å². The molecule has 8 heteroatoms. The van der Waals surface area contributed by atoms with Gasteiger partial charge < -0.3 is 10.2 Å². The average molecular weight is 351 g/mol. The molecule has 0 saturated carbocycles. The molecule has 0 unspecified atom stereocenters. The van der Waals surface area contributed by atoms with Crippen LogP contribution in [0, 0.1) is 17.5 Å². The van der Waals surface area contributed by atoms with Gasteiger partial charge in [-0.3, -0.25) is 14.6 Å². The number of halogens is 3. The Balaban J connectivity index is 1.99. The zero-order valence-corrected chi connectivity index (χ0v) is 13.4. The van der Waals surface area contributed by atoms with Gasteiger partial charge in [0, 0.05) is 38.8 Å². The van der Waals surface area contributed by atoms with Gasteiger partial charge in [0.15, 0.2) is 17.5 Å². The van der Waals surface area contributed by atoms with E-state index in [4.69, 9.17) is 0 Å². The SMILES string of the molecule is CC(=O)N(CCC(=O)NCc1ccncc1)c1ccc(F)c(F)c1F. The monoisotopic (exact) mass is 351 g/mol. The number of pyridine rings is 1. The first-order valence-electron chi connectivity index (χ1n) is 7.47. The molecule has 2 aromatic rings. The van der Waals surface area contributed by atoms with Crippen molar-refractivity contribution in [2.24, 2.45) is 0 Å². The summed E-state index contributed by atoms with van der Waals surface area (Å²) in [6.45, 7) is 1.26. The fraction of sp³-hybridized carbons (Fsp3) is 0.235. The van der Waals surface area contributed by atoms with E-state index < -0.39 is 29.0 Å². The van der Waals surface area contributed by atoms with Gasteiger partial charge >= 0.3 is 0 Å². The van der Waals surface area contributed by atoms with Gasteiger partial charge in [0.1, 0.15) is 0 Å². The number of hydrogen-bond acceptors (Lipinski definition) is 3. The van der Waals surface area contributed by atoms with Crippen LogP contribution in [0.25, 0.3) is 0 Å². The predicted molar refractivity (Wildman–Crippen MR) is 85.0 cm³/mol. The van der Waals surface area contributed by atoms with Crippen LogP contribution < -0.4 is 10.2 Å². The Morgan fingerprint density at radius 2 is 1.76 bits per heavy atom. The maximum atomic E-state index is 13.9. The van der Waals surface area contributed by atoms with Crippen LogP contribution in [-0.2, 0) is 16.1 Å². The lowest BCUT2D eigenvalue weighted by atomic mass is 10.2. The standard InChI is InChI=1S/C17H16F3N3O2/c1-11(24)23(14-3-2-13(18)16(19)17(14)20)9-6-15(25)22-10-12-4-7-21-8-5-12/h2-5,7-8H,6,9-10H2,1H3,(H,22,25). The lowest BCUT2D eigenvalue weighted by Crippen LogP contribution is -2.34. The summed E-state index contributed by atoms with van der Waals surface area (Å²) < 4.78 is 40.2. The molecule has 132 valence electrons. The van der Waals surface area contributed by atoms with Gasteiger partial charge in [-0.2, -0.15) is 0 Å². The Morgan fingerprint density at radius 1 is 1.08 bits per heavy atom. The predicted octanol–water partition coefficient (Wildman–Crippen LogP) is 2.56. The summed E-state index contributed by atoms with van der Waals surface area (Å²) in [6.07, 6.45) is 3.05. The van der Waals surface area contributed by atoms with Gasteiger partial charge in [0.2, 0.25) is 11.8 Å². The highest BCUT2D eigenvalue weighted by molar-refractivity contribution is 5.92. The summed E-state index contributed by atoms with van der Waals surface area (Å²) in [5.41, 5.74) is 0.437. The van der Waals surface area contributed by atoms with Crippen LogP contribution in [0.5, 0.6) is 0 Å². The molecule has 0 aliphatic rings. The van der Waals surface area contributed by atoms with Crippen molar-refractivity contribution in [3.63, 3.8) is 0 Å². The molecule has 25 heavy (non-hydrogen) atoms. The molecule has 0 aliphatic carbocycles. The molecule has 0 atom stereocenters. The van der Waals surface area contributed by atoms with Crippen molar-refractivity contribution in [2.75, 3.05) is 11.4 Å². The zero-order chi connectivity index (χ0) is 18.4. The molecule has 0 radical (unpaired) electrons. The molecule has 1 N–H and O–H groups in total. The van der Waals surface area contributed by atoms with Crippen LogP contribution in [0.1, 0.15) is 18.9 Å². The van der Waals surface area contributed by atoms with Crippen LogP contribution in [-0.4, -0.2) is 23.3 Å². The third-order valence-electron chi connectivity index (χ3n) is 3.49. The van der Waals surface area contributed by atoms with Gasteiger partial charge in [-0.25, -0.2) is 13.2 Å². The van der Waals surface area contributed by atoms with Crippen molar-refractivity contribution in [1.82, 2.24) is 10.3 Å². The highest BCUT2D eigenvalue weighted by Gasteiger charge is 2.21. The number of amides is 2. The van der Waals surface area contributed by atoms with Gasteiger partial charge in [-0.05, 0) is 29.8 Å². The maximum absolute atomic E-state index is 13.9. The molecule has 1 aromatic carbocycles. The molecule has 1 aromatic heterocycles. The highest BCUT2D eigenvalue weighted by Crippen LogP contribution is 2.24. The van der Waals surface area contributed by atoms with Crippen LogP contribution in [0.15, 0.2) is 36.7 Å². The number of carbonyl (C=O) groups excluding carboxylic acids is 2. The first kappa shape index (κ1) is 18.4. The Bertz CT molecular complexity index is 769. The van der Waals surface area contributed by atoms with Gasteiger partial charge in [-0.15, -0.1) is 0 Å². The van der Waals surface area contributed by atoms with Crippen molar-refractivity contribution in [2.45, 2.75) is 19.9 Å². The fourth-order valence-electron chi connectivity index (χ4n) is 2.17. The minimum atomic E-state index is -1.66. The van der Waals surface area contributed by atoms with E-state index in [1.54, 1.807) is 24.5 Å². The summed E-state index contributed by atoms with van der Waals surface area (Å²) in [7, 11) is 0. The Labute approximate surface area is 142 Å². The molecule has 0 bridgehead atoms. The van der Waals surface area contributed by atoms with Crippen LogP contribution in [0.4, 0.5) is 18.9 Å². The second kappa shape index (κ2) is 8.27. The van der Waals surface area contributed by atoms with Crippen LogP contribution in [0.2, 0.25) is 0 Å². The molecular weight excluding hydrogens is 335 g/mol. The molecule has 0 spiro atoms. The van der Waals surface area contributed by atoms with Gasteiger partial charge in [-0.1, -0.05) is 0 Å². The van der Waals surface area contributed by atoms with E-state index in [0.717, 1.165) is 29.5 Å². The topological polar surface area (TPSA) is 62.3 Å². The first-order chi connectivity index (χ1) is 11.9. The van der Waals surface area contributed by atoms with Crippen molar-refractivity contribution in [1.29, 1.82) is 0 Å². The summed E-state index contributed by atoms with van der Waals surface area (Å²) in [5, 5.41) is 2.65. The number of hydrogen-bond donors (Lipinski definition) is 1. The van der Waals surface area contributed by atoms with E-state index in [1.807, 2.05) is 0 Å². The number of nitrogens with one attached hydrogen (secondary N) is 1. The quantitative estimate of drug-likeness (QED) is 0.814. The number of nitrogens with zero attached hydrogens (tertiary/aromatic N) is 2. The molecule has 5 nitrogen and oxygen atoms in total. The number of aromatic nitrogens is 1. The summed E-state index contributed by atoms with van der Waals surface area (Å²) >= 11 is 0. The second-order valence-corrected chi connectivity index (χ2v) is 5.25. The van der Waals surface area contributed by atoms with Crippen molar-refractivity contribution in [3.8, 4) is 0 Å². The van der Waals surface area contributed by atoms with Crippen molar-refractivity contribution >= 4 is 17.5 Å². The molecule has 0 saturated heterocycles. The smallest absolute Gasteiger partial charge is 0.223 e. The lowest BCUT2D eigenvalue weighted by molar-refractivity contribution is -0.121. The molecule has 0 fully saturated rings. The molecule has 1 heterocycles. The Kier molecular flexibility index (Phi) is 6.10. The van der Waals surface area contributed by atoms with E-state index in [9.17, 15) is 22.8 Å². The number of anilines is 1. The third kappa shape index (κ3) is 4.79. The minimum Gasteiger partial charge on any atom is -0.352 e. The van der Waals surface area contributed by atoms with Crippen molar-refractivity contribution in [3.05, 3.63) is 59.7 Å². The van der Waals surface area contributed by atoms with Gasteiger partial charge in [0.05, 0.1) is 5.69 Å². The van der Waals surface area contributed by atoms with E-state index in [-0.39, 0.29) is 25.4 Å². The van der Waals surface area contributed by atoms with Crippen LogP contribution >= 0.6 is 0 Å². The van der Waals surface area contributed by atoms with Crippen LogP contribution in [0.3, 0.4) is 0 Å². The first-order valence-corrected chi connectivity index (χ1v) is 7.47. The summed E-state index contributed by atoms with van der Waals surface area (Å²) in [5.74, 6) is -5.43. The normalized spacial score (nSPS) is 10.4. The van der Waals surface area contributed by atoms with E-state index in [2.05, 4.69) is 10.3 Å². The average Bonchev–Trinajstić information content (AvgIpc) is 2.60. The van der Waals surface area contributed by atoms with Crippen molar-refractivity contribution < 1.29 is 22.8 Å². The van der Waals surface area contributed by atoms with E-state index in [0.29, 0.717) is 0 Å². The second-order valence-electron chi connectivity index (χ2n) is 5.25. The Hall–Kier alpha value is -2.90. The fourth-order valence-corrected chi connectivity index (χ4v) is 2.17. The third-order valence-corrected chi connectivity index (χ3v) is 3.49. The lowest BCUT2D eigenvalue weighted by Gasteiger charge is -2.21. The number of rotatable bonds is 6. The number of benzene rings is 1. The minimum absolute atomic E-state index is 0.122. The zero-order valence-electron chi connectivity index (χ0n) is 13.4. The summed E-state index contributed by atoms with van der Waals surface area (Å²) in [6, 6.07) is 5.16. The maximum Gasteiger partial charge on any atom is 0.223 e. The molecule has 2 rings (SSSR count). The van der Waals surface area contributed by atoms with E-state index >= 15 is 0 Å². The largest absolute Gasteiger partial charge is 0.352 e. The Morgan fingerprint density at radius 3 is 2.40 bits per heavy atom. The number of carbonyl (C=O) groups is 2. The molecule has 0 aliphatic heterocycles. The molecular formula is C17H16F3N3O2. The molecule has 2 amide bonds.